The van der Waals surface area contributed by atoms with Gasteiger partial charge in [-0.1, -0.05) is 12.8 Å². The third kappa shape index (κ3) is 1.80. The Balaban J connectivity index is 2.04. The number of thiazole rings is 1. The van der Waals surface area contributed by atoms with Gasteiger partial charge in [-0.2, -0.15) is 0 Å². The van der Waals surface area contributed by atoms with Gasteiger partial charge in [-0.25, -0.2) is 4.98 Å². The molecular weight excluding hydrogens is 196 g/mol. The van der Waals surface area contributed by atoms with Crippen molar-refractivity contribution in [2.45, 2.75) is 25.7 Å². The second-order valence-corrected chi connectivity index (χ2v) is 4.57. The lowest BCUT2D eigenvalue weighted by molar-refractivity contribution is -0.121. The van der Waals surface area contributed by atoms with Gasteiger partial charge in [0.05, 0.1) is 0 Å². The molecule has 0 unspecified atom stereocenters. The average molecular weight is 210 g/mol. The van der Waals surface area contributed by atoms with Crippen molar-refractivity contribution in [3.63, 3.8) is 0 Å². The first-order valence-electron chi connectivity index (χ1n) is 4.96. The largest absolute Gasteiger partial charge is 0.291 e. The molecule has 0 N–H and O–H groups in total. The summed E-state index contributed by atoms with van der Waals surface area (Å²) in [4.78, 5) is 17.8. The molecule has 1 aromatic rings. The molecule has 14 heavy (non-hydrogen) atoms. The van der Waals surface area contributed by atoms with Gasteiger partial charge in [0.2, 0.25) is 5.91 Å². The molecule has 1 heterocycles. The van der Waals surface area contributed by atoms with Crippen LogP contribution in [0.1, 0.15) is 25.7 Å². The SMILES string of the molecule is CN(C(=O)C1CCCC1)c1nccs1. The highest BCUT2D eigenvalue weighted by molar-refractivity contribution is 7.13. The molecule has 0 spiro atoms. The Morgan fingerprint density at radius 1 is 1.57 bits per heavy atom. The minimum atomic E-state index is 0.234. The highest BCUT2D eigenvalue weighted by atomic mass is 32.1. The number of carbonyl (C=O) groups excluding carboxylic acids is 1. The molecule has 1 amide bonds. The van der Waals surface area contributed by atoms with Gasteiger partial charge >= 0.3 is 0 Å². The third-order valence-corrected chi connectivity index (χ3v) is 3.59. The second kappa shape index (κ2) is 4.09. The molecule has 0 radical (unpaired) electrons. The molecule has 4 heteroatoms. The standard InChI is InChI=1S/C10H14N2OS/c1-12(10-11-6-7-14-10)9(13)8-4-2-3-5-8/h6-8H,2-5H2,1H3. The first-order chi connectivity index (χ1) is 6.79. The maximum Gasteiger partial charge on any atom is 0.231 e. The highest BCUT2D eigenvalue weighted by Gasteiger charge is 2.26. The summed E-state index contributed by atoms with van der Waals surface area (Å²) in [5, 5.41) is 2.70. The topological polar surface area (TPSA) is 33.2 Å². The van der Waals surface area contributed by atoms with Crippen molar-refractivity contribution in [1.82, 2.24) is 4.98 Å². The van der Waals surface area contributed by atoms with Crippen molar-refractivity contribution in [2.75, 3.05) is 11.9 Å². The Kier molecular flexibility index (Phi) is 2.82. The molecule has 3 nitrogen and oxygen atoms in total. The molecule has 76 valence electrons. The third-order valence-electron chi connectivity index (χ3n) is 2.74. The van der Waals surface area contributed by atoms with Gasteiger partial charge < -0.3 is 0 Å². The fraction of sp³-hybridized carbons (Fsp3) is 0.600. The molecular formula is C10H14N2OS. The summed E-state index contributed by atoms with van der Waals surface area (Å²) < 4.78 is 0. The molecule has 1 aliphatic rings. The first-order valence-corrected chi connectivity index (χ1v) is 5.84. The van der Waals surface area contributed by atoms with E-state index in [4.69, 9.17) is 0 Å². The molecule has 1 fully saturated rings. The number of hydrogen-bond donors (Lipinski definition) is 0. The van der Waals surface area contributed by atoms with Crippen molar-refractivity contribution in [2.24, 2.45) is 5.92 Å². The van der Waals surface area contributed by atoms with E-state index in [-0.39, 0.29) is 11.8 Å². The lowest BCUT2D eigenvalue weighted by atomic mass is 10.1. The summed E-state index contributed by atoms with van der Waals surface area (Å²) in [6.45, 7) is 0. The van der Waals surface area contributed by atoms with Gasteiger partial charge in [0.25, 0.3) is 0 Å². The maximum atomic E-state index is 11.9. The van der Waals surface area contributed by atoms with Crippen LogP contribution in [0.3, 0.4) is 0 Å². The lowest BCUT2D eigenvalue weighted by Crippen LogP contribution is -2.31. The quantitative estimate of drug-likeness (QED) is 0.750. The zero-order valence-electron chi connectivity index (χ0n) is 8.27. The van der Waals surface area contributed by atoms with E-state index in [0.29, 0.717) is 0 Å². The van der Waals surface area contributed by atoms with E-state index in [9.17, 15) is 4.79 Å². The summed E-state index contributed by atoms with van der Waals surface area (Å²) in [5.41, 5.74) is 0. The summed E-state index contributed by atoms with van der Waals surface area (Å²) in [6, 6.07) is 0. The van der Waals surface area contributed by atoms with Crippen LogP contribution in [0.4, 0.5) is 5.13 Å². The molecule has 2 rings (SSSR count). The summed E-state index contributed by atoms with van der Waals surface area (Å²) >= 11 is 1.51. The van der Waals surface area contributed by atoms with Crippen LogP contribution >= 0.6 is 11.3 Å². The minimum absolute atomic E-state index is 0.234. The number of carbonyl (C=O) groups is 1. The normalized spacial score (nSPS) is 17.2. The van der Waals surface area contributed by atoms with E-state index < -0.39 is 0 Å². The van der Waals surface area contributed by atoms with Crippen molar-refractivity contribution in [1.29, 1.82) is 0 Å². The van der Waals surface area contributed by atoms with E-state index >= 15 is 0 Å². The van der Waals surface area contributed by atoms with Crippen LogP contribution in [-0.2, 0) is 4.79 Å². The Labute approximate surface area is 87.8 Å². The van der Waals surface area contributed by atoms with E-state index in [1.807, 2.05) is 12.4 Å². The summed E-state index contributed by atoms with van der Waals surface area (Å²) in [6.07, 6.45) is 6.23. The smallest absolute Gasteiger partial charge is 0.231 e. The minimum Gasteiger partial charge on any atom is -0.291 e. The molecule has 0 saturated heterocycles. The molecule has 0 aromatic carbocycles. The molecule has 1 saturated carbocycles. The number of rotatable bonds is 2. The zero-order valence-corrected chi connectivity index (χ0v) is 9.09. The van der Waals surface area contributed by atoms with Crippen molar-refractivity contribution in [3.8, 4) is 0 Å². The van der Waals surface area contributed by atoms with E-state index in [1.54, 1.807) is 11.1 Å². The number of hydrogen-bond acceptors (Lipinski definition) is 3. The van der Waals surface area contributed by atoms with Crippen molar-refractivity contribution in [3.05, 3.63) is 11.6 Å². The van der Waals surface area contributed by atoms with Crippen LogP contribution in [0.15, 0.2) is 11.6 Å². The predicted molar refractivity (Wildman–Crippen MR) is 57.5 cm³/mol. The van der Waals surface area contributed by atoms with Crippen molar-refractivity contribution >= 4 is 22.4 Å². The fourth-order valence-electron chi connectivity index (χ4n) is 1.92. The van der Waals surface area contributed by atoms with Gasteiger partial charge in [-0.15, -0.1) is 11.3 Å². The lowest BCUT2D eigenvalue weighted by Gasteiger charge is -2.17. The van der Waals surface area contributed by atoms with Crippen LogP contribution in [-0.4, -0.2) is 17.9 Å². The van der Waals surface area contributed by atoms with E-state index in [1.165, 1.54) is 24.2 Å². The Morgan fingerprint density at radius 2 is 2.29 bits per heavy atom. The van der Waals surface area contributed by atoms with Gasteiger partial charge in [-0.3, -0.25) is 9.69 Å². The fourth-order valence-corrected chi connectivity index (χ4v) is 2.54. The molecule has 0 aliphatic heterocycles. The van der Waals surface area contributed by atoms with Gasteiger partial charge in [0, 0.05) is 24.5 Å². The molecule has 0 bridgehead atoms. The summed E-state index contributed by atoms with van der Waals surface area (Å²) in [5.74, 6) is 0.473. The van der Waals surface area contributed by atoms with Crippen LogP contribution in [0.2, 0.25) is 0 Å². The van der Waals surface area contributed by atoms with E-state index in [2.05, 4.69) is 4.98 Å². The first kappa shape index (κ1) is 9.65. The van der Waals surface area contributed by atoms with Crippen molar-refractivity contribution < 1.29 is 4.79 Å². The second-order valence-electron chi connectivity index (χ2n) is 3.69. The van der Waals surface area contributed by atoms with Gasteiger partial charge in [-0.05, 0) is 12.8 Å². The number of nitrogens with zero attached hydrogens (tertiary/aromatic N) is 2. The Bertz CT molecular complexity index is 304. The van der Waals surface area contributed by atoms with Gasteiger partial charge in [0.1, 0.15) is 0 Å². The molecule has 1 aliphatic carbocycles. The Hall–Kier alpha value is -0.900. The van der Waals surface area contributed by atoms with E-state index in [0.717, 1.165) is 18.0 Å². The average Bonchev–Trinajstić information content (AvgIpc) is 2.87. The number of aromatic nitrogens is 1. The Morgan fingerprint density at radius 3 is 2.86 bits per heavy atom. The zero-order chi connectivity index (χ0) is 9.97. The van der Waals surface area contributed by atoms with Crippen LogP contribution in [0.25, 0.3) is 0 Å². The highest BCUT2D eigenvalue weighted by Crippen LogP contribution is 2.28. The molecule has 1 aromatic heterocycles. The van der Waals surface area contributed by atoms with Crippen LogP contribution in [0.5, 0.6) is 0 Å². The van der Waals surface area contributed by atoms with Crippen LogP contribution in [0, 0.1) is 5.92 Å². The predicted octanol–water partition coefficient (Wildman–Crippen LogP) is 2.30. The number of amides is 1. The monoisotopic (exact) mass is 210 g/mol. The van der Waals surface area contributed by atoms with Crippen LogP contribution < -0.4 is 4.90 Å². The number of anilines is 1. The van der Waals surface area contributed by atoms with Gasteiger partial charge in [0.15, 0.2) is 5.13 Å². The maximum absolute atomic E-state index is 11.9. The molecule has 0 atom stereocenters. The summed E-state index contributed by atoms with van der Waals surface area (Å²) in [7, 11) is 1.82.